The first-order valence-corrected chi connectivity index (χ1v) is 10.9. The number of nitrogens with one attached hydrogen (secondary N) is 1. The van der Waals surface area contributed by atoms with E-state index in [1.165, 1.54) is 11.3 Å². The van der Waals surface area contributed by atoms with Gasteiger partial charge in [-0.1, -0.05) is 11.3 Å². The molecule has 29 heavy (non-hydrogen) atoms. The molecule has 2 amide bonds. The van der Waals surface area contributed by atoms with Crippen molar-refractivity contribution in [3.05, 3.63) is 12.1 Å². The predicted molar refractivity (Wildman–Crippen MR) is 114 cm³/mol. The monoisotopic (exact) mass is 420 g/mol. The van der Waals surface area contributed by atoms with Crippen molar-refractivity contribution in [1.82, 2.24) is 9.88 Å². The van der Waals surface area contributed by atoms with Gasteiger partial charge in [-0.15, -0.1) is 0 Å². The van der Waals surface area contributed by atoms with E-state index in [1.807, 2.05) is 13.1 Å². The lowest BCUT2D eigenvalue weighted by molar-refractivity contribution is 0.123. The zero-order chi connectivity index (χ0) is 20.4. The molecule has 8 nitrogen and oxygen atoms in total. The number of ether oxygens (including phenoxy) is 2. The number of aliphatic hydroxyl groups is 1. The Morgan fingerprint density at radius 1 is 1.41 bits per heavy atom. The van der Waals surface area contributed by atoms with E-state index < -0.39 is 0 Å². The van der Waals surface area contributed by atoms with Crippen molar-refractivity contribution in [1.29, 1.82) is 0 Å². The van der Waals surface area contributed by atoms with Crippen LogP contribution >= 0.6 is 11.3 Å². The molecule has 1 aliphatic carbocycles. The number of aromatic nitrogens is 1. The Labute approximate surface area is 174 Å². The number of carbonyl (C=O) groups excluding carboxylic acids is 1. The van der Waals surface area contributed by atoms with Gasteiger partial charge < -0.3 is 24.4 Å². The highest BCUT2D eigenvalue weighted by Crippen LogP contribution is 2.40. The molecule has 2 atom stereocenters. The van der Waals surface area contributed by atoms with Crippen LogP contribution in [0, 0.1) is 5.92 Å². The molecule has 2 unspecified atom stereocenters. The highest BCUT2D eigenvalue weighted by Gasteiger charge is 2.30. The highest BCUT2D eigenvalue weighted by molar-refractivity contribution is 7.23. The van der Waals surface area contributed by atoms with Crippen LogP contribution in [-0.2, 0) is 4.74 Å². The van der Waals surface area contributed by atoms with Gasteiger partial charge in [0, 0.05) is 32.8 Å². The molecule has 4 rings (SSSR count). The number of fused-ring (bicyclic) bond motifs is 1. The average molecular weight is 421 g/mol. The largest absolute Gasteiger partial charge is 0.494 e. The third-order valence-corrected chi connectivity index (χ3v) is 6.90. The number of urea groups is 1. The van der Waals surface area contributed by atoms with E-state index in [1.54, 1.807) is 12.0 Å². The van der Waals surface area contributed by atoms with E-state index in [2.05, 4.69) is 21.3 Å². The quantitative estimate of drug-likeness (QED) is 0.774. The van der Waals surface area contributed by atoms with E-state index in [0.717, 1.165) is 48.3 Å². The number of rotatable bonds is 5. The number of nitrogens with zero attached hydrogens (tertiary/aromatic N) is 3. The summed E-state index contributed by atoms with van der Waals surface area (Å²) in [6, 6.07) is 3.97. The van der Waals surface area contributed by atoms with Gasteiger partial charge in [0.25, 0.3) is 0 Å². The zero-order valence-corrected chi connectivity index (χ0v) is 17.7. The average Bonchev–Trinajstić information content (AvgIpc) is 3.40. The van der Waals surface area contributed by atoms with Crippen LogP contribution in [0.2, 0.25) is 0 Å². The Balaban J connectivity index is 1.55. The van der Waals surface area contributed by atoms with Gasteiger partial charge in [0.05, 0.1) is 30.7 Å². The molecule has 0 bridgehead atoms. The number of aliphatic hydroxyl groups excluding tert-OH is 1. The zero-order valence-electron chi connectivity index (χ0n) is 16.9. The molecule has 2 N–H and O–H groups in total. The molecule has 9 heteroatoms. The summed E-state index contributed by atoms with van der Waals surface area (Å²) in [5, 5.41) is 12.9. The predicted octanol–water partition coefficient (Wildman–Crippen LogP) is 2.77. The lowest BCUT2D eigenvalue weighted by Gasteiger charge is -2.29. The van der Waals surface area contributed by atoms with Gasteiger partial charge in [-0.2, -0.15) is 0 Å². The van der Waals surface area contributed by atoms with Crippen molar-refractivity contribution < 1.29 is 19.4 Å². The van der Waals surface area contributed by atoms with Crippen molar-refractivity contribution >= 4 is 38.4 Å². The number of morpholine rings is 1. The van der Waals surface area contributed by atoms with Crippen LogP contribution in [0.5, 0.6) is 5.75 Å². The number of hydrogen-bond donors (Lipinski definition) is 2. The topological polar surface area (TPSA) is 87.2 Å². The van der Waals surface area contributed by atoms with Crippen molar-refractivity contribution in [2.45, 2.75) is 25.3 Å². The molecule has 1 aromatic heterocycles. The maximum Gasteiger partial charge on any atom is 0.323 e. The van der Waals surface area contributed by atoms with Gasteiger partial charge in [-0.25, -0.2) is 9.78 Å². The van der Waals surface area contributed by atoms with E-state index in [9.17, 15) is 9.90 Å². The first-order chi connectivity index (χ1) is 14.1. The Morgan fingerprint density at radius 3 is 2.90 bits per heavy atom. The molecule has 1 saturated carbocycles. The SMILES string of the molecule is COc1ccc(N2CCOCC2)c2sc(NC(=O)N(C)C3CCC(CO)C3)nc12. The third kappa shape index (κ3) is 4.12. The van der Waals surface area contributed by atoms with Gasteiger partial charge in [-0.05, 0) is 37.3 Å². The van der Waals surface area contributed by atoms with E-state index >= 15 is 0 Å². The number of benzene rings is 1. The molecule has 1 aromatic carbocycles. The molecule has 2 heterocycles. The number of carbonyl (C=O) groups is 1. The van der Waals surface area contributed by atoms with Gasteiger partial charge in [-0.3, -0.25) is 5.32 Å². The summed E-state index contributed by atoms with van der Waals surface area (Å²) >= 11 is 1.47. The Bertz CT molecular complexity index is 868. The second kappa shape index (κ2) is 8.73. The second-order valence-corrected chi connectivity index (χ2v) is 8.64. The molecule has 158 valence electrons. The standard InChI is InChI=1S/C20H28N4O4S/c1-23(14-4-3-13(11-14)12-25)20(26)22-19-21-17-16(27-2)6-5-15(18(17)29-19)24-7-9-28-10-8-24/h5-6,13-14,25H,3-4,7-12H2,1-2H3,(H,21,22,26). The Hall–Kier alpha value is -2.10. The number of amides is 2. The molecule has 2 fully saturated rings. The fourth-order valence-electron chi connectivity index (χ4n) is 4.15. The smallest absolute Gasteiger partial charge is 0.323 e. The van der Waals surface area contributed by atoms with Crippen molar-refractivity contribution in [3.8, 4) is 5.75 Å². The van der Waals surface area contributed by atoms with Crippen LogP contribution < -0.4 is 15.0 Å². The lowest BCUT2D eigenvalue weighted by Crippen LogP contribution is -2.38. The second-order valence-electron chi connectivity index (χ2n) is 7.64. The first-order valence-electron chi connectivity index (χ1n) is 10.1. The lowest BCUT2D eigenvalue weighted by atomic mass is 10.1. The van der Waals surface area contributed by atoms with Crippen LogP contribution in [0.4, 0.5) is 15.6 Å². The van der Waals surface area contributed by atoms with E-state index in [-0.39, 0.29) is 24.6 Å². The van der Waals surface area contributed by atoms with Crippen LogP contribution in [0.15, 0.2) is 12.1 Å². The van der Waals surface area contributed by atoms with Gasteiger partial charge in [0.2, 0.25) is 0 Å². The highest BCUT2D eigenvalue weighted by atomic mass is 32.1. The maximum absolute atomic E-state index is 12.8. The summed E-state index contributed by atoms with van der Waals surface area (Å²) in [6.07, 6.45) is 2.72. The van der Waals surface area contributed by atoms with Crippen molar-refractivity contribution in [3.63, 3.8) is 0 Å². The number of hydrogen-bond acceptors (Lipinski definition) is 7. The molecular formula is C20H28N4O4S. The summed E-state index contributed by atoms with van der Waals surface area (Å²) in [7, 11) is 3.44. The molecule has 0 spiro atoms. The summed E-state index contributed by atoms with van der Waals surface area (Å²) in [5.41, 5.74) is 1.86. The van der Waals surface area contributed by atoms with E-state index in [0.29, 0.717) is 24.1 Å². The summed E-state index contributed by atoms with van der Waals surface area (Å²) in [5.74, 6) is 0.988. The Kier molecular flexibility index (Phi) is 6.07. The summed E-state index contributed by atoms with van der Waals surface area (Å²) in [4.78, 5) is 21.5. The summed E-state index contributed by atoms with van der Waals surface area (Å²) in [6.45, 7) is 3.26. The molecule has 1 aliphatic heterocycles. The normalized spacial score (nSPS) is 22.1. The van der Waals surface area contributed by atoms with Crippen LogP contribution in [0.25, 0.3) is 10.2 Å². The number of anilines is 2. The third-order valence-electron chi connectivity index (χ3n) is 5.91. The maximum atomic E-state index is 12.8. The van der Waals surface area contributed by atoms with Crippen LogP contribution in [-0.4, -0.2) is 74.1 Å². The molecule has 0 radical (unpaired) electrons. The minimum atomic E-state index is -0.167. The summed E-state index contributed by atoms with van der Waals surface area (Å²) < 4.78 is 12.0. The minimum absolute atomic E-state index is 0.153. The fourth-order valence-corrected chi connectivity index (χ4v) is 5.17. The molecule has 1 saturated heterocycles. The number of thiazole rings is 1. The fraction of sp³-hybridized carbons (Fsp3) is 0.600. The molecule has 2 aromatic rings. The minimum Gasteiger partial charge on any atom is -0.494 e. The number of methoxy groups -OCH3 is 1. The van der Waals surface area contributed by atoms with Crippen molar-refractivity contribution in [2.75, 3.05) is 57.3 Å². The van der Waals surface area contributed by atoms with Gasteiger partial charge >= 0.3 is 6.03 Å². The van der Waals surface area contributed by atoms with Crippen LogP contribution in [0.1, 0.15) is 19.3 Å². The van der Waals surface area contributed by atoms with Crippen molar-refractivity contribution in [2.24, 2.45) is 5.92 Å². The molecule has 2 aliphatic rings. The Morgan fingerprint density at radius 2 is 2.21 bits per heavy atom. The van der Waals surface area contributed by atoms with Crippen LogP contribution in [0.3, 0.4) is 0 Å². The molecular weight excluding hydrogens is 392 g/mol. The first kappa shape index (κ1) is 20.2. The van der Waals surface area contributed by atoms with Gasteiger partial charge in [0.15, 0.2) is 5.13 Å². The van der Waals surface area contributed by atoms with E-state index in [4.69, 9.17) is 9.47 Å². The van der Waals surface area contributed by atoms with Gasteiger partial charge in [0.1, 0.15) is 11.3 Å².